The molecule has 3 aromatic rings. The number of fused-ring (bicyclic) bond motifs is 1. The summed E-state index contributed by atoms with van der Waals surface area (Å²) in [5.74, 6) is 2.30. The number of esters is 1. The predicted molar refractivity (Wildman–Crippen MR) is 162 cm³/mol. The third-order valence-electron chi connectivity index (χ3n) is 6.50. The van der Waals surface area contributed by atoms with Crippen molar-refractivity contribution in [1.82, 2.24) is 14.8 Å². The number of nitrogens with zero attached hydrogens (tertiary/aromatic N) is 3. The summed E-state index contributed by atoms with van der Waals surface area (Å²) in [5, 5.41) is 8.73. The zero-order valence-electron chi connectivity index (χ0n) is 23.8. The lowest BCUT2D eigenvalue weighted by atomic mass is 9.95. The average Bonchev–Trinajstić information content (AvgIpc) is 3.33. The van der Waals surface area contributed by atoms with Gasteiger partial charge in [0.25, 0.3) is 0 Å². The van der Waals surface area contributed by atoms with Gasteiger partial charge in [0.05, 0.1) is 23.3 Å². The SMILES string of the molecule is CCCCOC(=O)C1=C(C)Nc2nc(SCCC)nn2C1c1cc(Br)c(OCc2ccccc2C)c(OCC)c1. The Kier molecular flexibility index (Phi) is 10.6. The van der Waals surface area contributed by atoms with Gasteiger partial charge in [0.15, 0.2) is 11.5 Å². The fourth-order valence-corrected chi connectivity index (χ4v) is 5.67. The maximum Gasteiger partial charge on any atom is 0.338 e. The first kappa shape index (κ1) is 30.0. The van der Waals surface area contributed by atoms with Gasteiger partial charge in [0, 0.05) is 11.4 Å². The maximum absolute atomic E-state index is 13.5. The summed E-state index contributed by atoms with van der Waals surface area (Å²) >= 11 is 5.32. The van der Waals surface area contributed by atoms with E-state index in [0.29, 0.717) is 53.7 Å². The van der Waals surface area contributed by atoms with Crippen molar-refractivity contribution in [3.05, 3.63) is 68.8 Å². The molecule has 2 heterocycles. The minimum absolute atomic E-state index is 0.361. The highest BCUT2D eigenvalue weighted by Crippen LogP contribution is 2.43. The summed E-state index contributed by atoms with van der Waals surface area (Å²) in [6.45, 7) is 11.3. The van der Waals surface area contributed by atoms with Crippen molar-refractivity contribution in [3.63, 3.8) is 0 Å². The first-order valence-electron chi connectivity index (χ1n) is 13.8. The number of rotatable bonds is 13. The molecule has 0 aliphatic carbocycles. The van der Waals surface area contributed by atoms with Crippen LogP contribution in [0.2, 0.25) is 0 Å². The Morgan fingerprint density at radius 3 is 2.65 bits per heavy atom. The number of anilines is 1. The Labute approximate surface area is 249 Å². The Morgan fingerprint density at radius 2 is 1.93 bits per heavy atom. The zero-order valence-corrected chi connectivity index (χ0v) is 26.2. The van der Waals surface area contributed by atoms with E-state index < -0.39 is 6.04 Å². The summed E-state index contributed by atoms with van der Waals surface area (Å²) in [6.07, 6.45) is 2.74. The van der Waals surface area contributed by atoms with Crippen molar-refractivity contribution in [3.8, 4) is 11.5 Å². The van der Waals surface area contributed by atoms with Crippen molar-refractivity contribution in [2.24, 2.45) is 0 Å². The van der Waals surface area contributed by atoms with Crippen molar-refractivity contribution < 1.29 is 19.0 Å². The number of carbonyl (C=O) groups excluding carboxylic acids is 1. The van der Waals surface area contributed by atoms with Gasteiger partial charge in [-0.3, -0.25) is 0 Å². The quantitative estimate of drug-likeness (QED) is 0.118. The Bertz CT molecular complexity index is 1370. The van der Waals surface area contributed by atoms with E-state index >= 15 is 0 Å². The van der Waals surface area contributed by atoms with Gasteiger partial charge < -0.3 is 19.5 Å². The van der Waals surface area contributed by atoms with E-state index in [9.17, 15) is 4.79 Å². The Morgan fingerprint density at radius 1 is 1.12 bits per heavy atom. The van der Waals surface area contributed by atoms with Gasteiger partial charge in [-0.25, -0.2) is 9.48 Å². The molecule has 2 aromatic carbocycles. The summed E-state index contributed by atoms with van der Waals surface area (Å²) in [4.78, 5) is 18.2. The largest absolute Gasteiger partial charge is 0.490 e. The lowest BCUT2D eigenvalue weighted by Crippen LogP contribution is -2.30. The number of unbranched alkanes of at least 4 members (excludes halogenated alkanes) is 1. The molecule has 0 amide bonds. The van der Waals surface area contributed by atoms with Gasteiger partial charge in [-0.2, -0.15) is 4.98 Å². The molecule has 1 aliphatic heterocycles. The highest BCUT2D eigenvalue weighted by molar-refractivity contribution is 9.10. The molecule has 214 valence electrons. The zero-order chi connectivity index (χ0) is 28.6. The number of thioether (sulfide) groups is 1. The fraction of sp³-hybridized carbons (Fsp3) is 0.433. The van der Waals surface area contributed by atoms with Crippen LogP contribution in [0.25, 0.3) is 0 Å². The summed E-state index contributed by atoms with van der Waals surface area (Å²) in [6, 6.07) is 11.5. The van der Waals surface area contributed by atoms with Crippen LogP contribution >= 0.6 is 27.7 Å². The molecule has 1 unspecified atom stereocenters. The lowest BCUT2D eigenvalue weighted by molar-refractivity contribution is -0.139. The normalized spacial score (nSPS) is 14.5. The Balaban J connectivity index is 1.76. The molecule has 0 radical (unpaired) electrons. The molecule has 0 saturated carbocycles. The maximum atomic E-state index is 13.5. The predicted octanol–water partition coefficient (Wildman–Crippen LogP) is 7.46. The van der Waals surface area contributed by atoms with E-state index in [-0.39, 0.29) is 5.97 Å². The van der Waals surface area contributed by atoms with Crippen LogP contribution < -0.4 is 14.8 Å². The summed E-state index contributed by atoms with van der Waals surface area (Å²) < 4.78 is 20.5. The van der Waals surface area contributed by atoms with Crippen LogP contribution in [0.3, 0.4) is 0 Å². The minimum Gasteiger partial charge on any atom is -0.490 e. The number of hydrogen-bond acceptors (Lipinski definition) is 8. The second-order valence-electron chi connectivity index (χ2n) is 9.54. The second kappa shape index (κ2) is 14.1. The van der Waals surface area contributed by atoms with Gasteiger partial charge >= 0.3 is 5.97 Å². The van der Waals surface area contributed by atoms with Gasteiger partial charge in [-0.15, -0.1) is 5.10 Å². The van der Waals surface area contributed by atoms with Gasteiger partial charge in [0.1, 0.15) is 12.6 Å². The number of aromatic nitrogens is 3. The van der Waals surface area contributed by atoms with Gasteiger partial charge in [-0.05, 0) is 78.4 Å². The molecule has 1 aromatic heterocycles. The molecule has 1 aliphatic rings. The van der Waals surface area contributed by atoms with Gasteiger partial charge in [0.2, 0.25) is 11.1 Å². The van der Waals surface area contributed by atoms with Crippen LogP contribution in [0.5, 0.6) is 11.5 Å². The van der Waals surface area contributed by atoms with Crippen LogP contribution in [0, 0.1) is 6.92 Å². The highest BCUT2D eigenvalue weighted by Gasteiger charge is 2.36. The Hall–Kier alpha value is -2.98. The van der Waals surface area contributed by atoms with E-state index in [2.05, 4.69) is 54.2 Å². The topological polar surface area (TPSA) is 87.5 Å². The van der Waals surface area contributed by atoms with E-state index in [1.54, 1.807) is 16.4 Å². The standard InChI is InChI=1S/C30H37BrN4O4S/c1-6-9-14-38-28(36)25-20(5)32-29-33-30(40-15-7-2)34-35(29)26(25)22-16-23(31)27(24(17-22)37-8-3)39-18-21-13-11-10-12-19(21)4/h10-13,16-17,26H,6-9,14-15,18H2,1-5H3,(H,32,33,34). The number of halogens is 1. The molecule has 0 fully saturated rings. The number of ether oxygens (including phenoxy) is 3. The third-order valence-corrected chi connectivity index (χ3v) is 8.13. The lowest BCUT2D eigenvalue weighted by Gasteiger charge is -2.29. The minimum atomic E-state index is -0.560. The van der Waals surface area contributed by atoms with Crippen molar-refractivity contribution in [1.29, 1.82) is 0 Å². The monoisotopic (exact) mass is 628 g/mol. The third kappa shape index (κ3) is 6.83. The molecule has 1 N–H and O–H groups in total. The van der Waals surface area contributed by atoms with Crippen molar-refractivity contribution in [2.75, 3.05) is 24.3 Å². The molecular formula is C30H37BrN4O4S. The van der Waals surface area contributed by atoms with Gasteiger partial charge in [-0.1, -0.05) is 56.3 Å². The molecule has 0 spiro atoms. The van der Waals surface area contributed by atoms with Crippen molar-refractivity contribution in [2.45, 2.75) is 71.7 Å². The molecule has 1 atom stereocenters. The van der Waals surface area contributed by atoms with Crippen LogP contribution in [0.4, 0.5) is 5.95 Å². The molecule has 0 saturated heterocycles. The first-order chi connectivity index (χ1) is 19.4. The molecular weight excluding hydrogens is 592 g/mol. The number of hydrogen-bond donors (Lipinski definition) is 1. The number of benzene rings is 2. The van der Waals surface area contributed by atoms with E-state index in [1.165, 1.54) is 0 Å². The molecule has 10 heteroatoms. The number of carbonyl (C=O) groups is 1. The van der Waals surface area contributed by atoms with Crippen molar-refractivity contribution >= 4 is 39.6 Å². The average molecular weight is 630 g/mol. The number of allylic oxidation sites excluding steroid dienone is 1. The van der Waals surface area contributed by atoms with Crippen LogP contribution in [-0.2, 0) is 16.1 Å². The van der Waals surface area contributed by atoms with Crippen LogP contribution in [0.15, 0.2) is 57.3 Å². The van der Waals surface area contributed by atoms with E-state index in [1.807, 2.05) is 38.1 Å². The number of nitrogens with one attached hydrogen (secondary N) is 1. The van der Waals surface area contributed by atoms with Crippen LogP contribution in [0.1, 0.15) is 69.7 Å². The van der Waals surface area contributed by atoms with E-state index in [0.717, 1.165) is 46.2 Å². The number of aryl methyl sites for hydroxylation is 1. The highest BCUT2D eigenvalue weighted by atomic mass is 79.9. The summed E-state index contributed by atoms with van der Waals surface area (Å²) in [5.41, 5.74) is 4.24. The first-order valence-corrected chi connectivity index (χ1v) is 15.5. The smallest absolute Gasteiger partial charge is 0.338 e. The summed E-state index contributed by atoms with van der Waals surface area (Å²) in [7, 11) is 0. The molecule has 40 heavy (non-hydrogen) atoms. The van der Waals surface area contributed by atoms with E-state index in [4.69, 9.17) is 24.3 Å². The molecule has 8 nitrogen and oxygen atoms in total. The second-order valence-corrected chi connectivity index (χ2v) is 11.5. The molecule has 0 bridgehead atoms. The molecule has 4 rings (SSSR count). The van der Waals surface area contributed by atoms with Crippen LogP contribution in [-0.4, -0.2) is 39.7 Å². The fourth-order valence-electron chi connectivity index (χ4n) is 4.42.